The molecule has 0 aliphatic heterocycles. The molecule has 9 heteroatoms. The average molecular weight is 540 g/mol. The highest BCUT2D eigenvalue weighted by atomic mass is 35.5. The number of nitrogens with one attached hydrogen (secondary N) is 1. The highest BCUT2D eigenvalue weighted by Gasteiger charge is 2.13. The lowest BCUT2D eigenvalue weighted by Crippen LogP contribution is -2.10. The van der Waals surface area contributed by atoms with E-state index < -0.39 is 11.7 Å². The lowest BCUT2D eigenvalue weighted by molar-refractivity contribution is -0.111. The second kappa shape index (κ2) is 12.0. The molecule has 1 aromatic heterocycles. The van der Waals surface area contributed by atoms with Gasteiger partial charge in [-0.15, -0.1) is 0 Å². The Balaban J connectivity index is 1.42. The van der Waals surface area contributed by atoms with Crippen molar-refractivity contribution in [3.05, 3.63) is 111 Å². The van der Waals surface area contributed by atoms with Crippen LogP contribution < -0.4 is 14.8 Å². The van der Waals surface area contributed by atoms with Crippen molar-refractivity contribution in [3.63, 3.8) is 0 Å². The minimum atomic E-state index is -0.448. The molecule has 0 radical (unpaired) electrons. The van der Waals surface area contributed by atoms with E-state index >= 15 is 0 Å². The van der Waals surface area contributed by atoms with E-state index in [-0.39, 0.29) is 28.0 Å². The number of ether oxygens (including phenoxy) is 2. The summed E-state index contributed by atoms with van der Waals surface area (Å²) >= 11 is 12.3. The van der Waals surface area contributed by atoms with Crippen molar-refractivity contribution in [3.8, 4) is 11.5 Å². The van der Waals surface area contributed by atoms with Crippen LogP contribution in [-0.2, 0) is 17.9 Å². The van der Waals surface area contributed by atoms with Gasteiger partial charge in [-0.05, 0) is 54.5 Å². The zero-order valence-electron chi connectivity index (χ0n) is 20.2. The van der Waals surface area contributed by atoms with E-state index in [0.717, 1.165) is 22.4 Å². The SMILES string of the molecule is COc1ccc(/C=C/C(=O)Nc2nn(Cc3c(F)cccc3Cl)cc2Cl)cc1COc1ccccc1C. The standard InChI is InChI=1S/C28H24Cl2FN3O3/c1-18-6-3-4-9-25(18)37-17-20-14-19(10-12-26(20)36-2)11-13-27(35)32-28-23(30)16-34(33-28)15-21-22(29)7-5-8-24(21)31/h3-14,16H,15,17H2,1-2H3,(H,32,33,35)/b13-11+. The van der Waals surface area contributed by atoms with Crippen LogP contribution in [0.2, 0.25) is 10.0 Å². The van der Waals surface area contributed by atoms with Gasteiger partial charge in [-0.2, -0.15) is 5.10 Å². The van der Waals surface area contributed by atoms with E-state index in [4.69, 9.17) is 32.7 Å². The van der Waals surface area contributed by atoms with Crippen LogP contribution >= 0.6 is 23.2 Å². The molecular weight excluding hydrogens is 516 g/mol. The maximum Gasteiger partial charge on any atom is 0.249 e. The van der Waals surface area contributed by atoms with Crippen molar-refractivity contribution in [2.75, 3.05) is 12.4 Å². The first-order chi connectivity index (χ1) is 17.8. The van der Waals surface area contributed by atoms with Gasteiger partial charge in [0, 0.05) is 28.4 Å². The predicted molar refractivity (Wildman–Crippen MR) is 144 cm³/mol. The number of anilines is 1. The van der Waals surface area contributed by atoms with Crippen LogP contribution in [0.1, 0.15) is 22.3 Å². The van der Waals surface area contributed by atoms with Crippen molar-refractivity contribution < 1.29 is 18.7 Å². The fourth-order valence-electron chi connectivity index (χ4n) is 3.63. The van der Waals surface area contributed by atoms with E-state index in [1.165, 1.54) is 29.1 Å². The molecule has 0 aliphatic rings. The number of hydrogen-bond donors (Lipinski definition) is 1. The van der Waals surface area contributed by atoms with Gasteiger partial charge >= 0.3 is 0 Å². The van der Waals surface area contributed by atoms with Gasteiger partial charge in [0.05, 0.1) is 13.7 Å². The van der Waals surface area contributed by atoms with Crippen LogP contribution in [0.3, 0.4) is 0 Å². The predicted octanol–water partition coefficient (Wildman–Crippen LogP) is 6.93. The van der Waals surface area contributed by atoms with Crippen LogP contribution in [0.4, 0.5) is 10.2 Å². The number of rotatable bonds is 9. The second-order valence-corrected chi connectivity index (χ2v) is 8.99. The molecule has 0 saturated carbocycles. The van der Waals surface area contributed by atoms with Gasteiger partial charge in [0.1, 0.15) is 28.9 Å². The third kappa shape index (κ3) is 6.70. The fourth-order valence-corrected chi connectivity index (χ4v) is 4.05. The summed E-state index contributed by atoms with van der Waals surface area (Å²) in [6.07, 6.45) is 4.53. The second-order valence-electron chi connectivity index (χ2n) is 8.17. The molecule has 0 aliphatic carbocycles. The van der Waals surface area contributed by atoms with Crippen LogP contribution in [0, 0.1) is 12.7 Å². The van der Waals surface area contributed by atoms with Gasteiger partial charge in [-0.1, -0.05) is 53.5 Å². The maximum atomic E-state index is 14.1. The van der Waals surface area contributed by atoms with Crippen molar-refractivity contribution in [2.45, 2.75) is 20.1 Å². The molecule has 4 rings (SSSR count). The maximum absolute atomic E-state index is 14.1. The number of hydrogen-bond acceptors (Lipinski definition) is 4. The molecule has 190 valence electrons. The zero-order chi connectivity index (χ0) is 26.4. The fraction of sp³-hybridized carbons (Fsp3) is 0.143. The summed E-state index contributed by atoms with van der Waals surface area (Å²) in [7, 11) is 1.60. The van der Waals surface area contributed by atoms with Gasteiger partial charge in [0.15, 0.2) is 5.82 Å². The number of methoxy groups -OCH3 is 1. The number of aromatic nitrogens is 2. The molecule has 0 atom stereocenters. The smallest absolute Gasteiger partial charge is 0.249 e. The monoisotopic (exact) mass is 539 g/mol. The summed E-state index contributed by atoms with van der Waals surface area (Å²) in [5.74, 6) is 0.757. The Morgan fingerprint density at radius 2 is 1.89 bits per heavy atom. The molecular formula is C28H24Cl2FN3O3. The van der Waals surface area contributed by atoms with Gasteiger partial charge in [-0.25, -0.2) is 4.39 Å². The van der Waals surface area contributed by atoms with E-state index in [1.54, 1.807) is 19.3 Å². The van der Waals surface area contributed by atoms with Crippen molar-refractivity contribution in [2.24, 2.45) is 0 Å². The van der Waals surface area contributed by atoms with Gasteiger partial charge in [0.25, 0.3) is 0 Å². The summed E-state index contributed by atoms with van der Waals surface area (Å²) in [6, 6.07) is 17.7. The number of halogens is 3. The number of carbonyl (C=O) groups is 1. The molecule has 3 aromatic carbocycles. The number of benzene rings is 3. The molecule has 4 aromatic rings. The first kappa shape index (κ1) is 26.3. The largest absolute Gasteiger partial charge is 0.496 e. The van der Waals surface area contributed by atoms with Crippen LogP contribution in [-0.4, -0.2) is 22.8 Å². The van der Waals surface area contributed by atoms with E-state index in [0.29, 0.717) is 12.4 Å². The molecule has 0 unspecified atom stereocenters. The molecule has 1 heterocycles. The van der Waals surface area contributed by atoms with Crippen molar-refractivity contribution in [1.29, 1.82) is 0 Å². The summed E-state index contributed by atoms with van der Waals surface area (Å²) in [5, 5.41) is 7.38. The highest BCUT2D eigenvalue weighted by Crippen LogP contribution is 2.26. The Hall–Kier alpha value is -3.81. The Morgan fingerprint density at radius 1 is 1.08 bits per heavy atom. The minimum absolute atomic E-state index is 0.0656. The van der Waals surface area contributed by atoms with Gasteiger partial charge in [-0.3, -0.25) is 9.48 Å². The topological polar surface area (TPSA) is 65.4 Å². The number of para-hydroxylation sites is 1. The first-order valence-corrected chi connectivity index (χ1v) is 12.1. The Labute approximate surface area is 224 Å². The number of nitrogens with zero attached hydrogens (tertiary/aromatic N) is 2. The Morgan fingerprint density at radius 3 is 2.65 bits per heavy atom. The molecule has 6 nitrogen and oxygen atoms in total. The third-order valence-electron chi connectivity index (χ3n) is 5.55. The minimum Gasteiger partial charge on any atom is -0.496 e. The molecule has 0 fully saturated rings. The van der Waals surface area contributed by atoms with E-state index in [1.807, 2.05) is 49.4 Å². The zero-order valence-corrected chi connectivity index (χ0v) is 21.7. The van der Waals surface area contributed by atoms with Crippen LogP contribution in [0.5, 0.6) is 11.5 Å². The molecule has 1 N–H and O–H groups in total. The van der Waals surface area contributed by atoms with Crippen molar-refractivity contribution in [1.82, 2.24) is 9.78 Å². The normalized spacial score (nSPS) is 11.1. The molecule has 1 amide bonds. The van der Waals surface area contributed by atoms with Crippen LogP contribution in [0.15, 0.2) is 72.9 Å². The summed E-state index contributed by atoms with van der Waals surface area (Å²) in [4.78, 5) is 12.5. The average Bonchev–Trinajstić information content (AvgIpc) is 3.23. The highest BCUT2D eigenvalue weighted by molar-refractivity contribution is 6.33. The molecule has 37 heavy (non-hydrogen) atoms. The summed E-state index contributed by atoms with van der Waals surface area (Å²) in [5.41, 5.74) is 2.93. The molecule has 0 spiro atoms. The lowest BCUT2D eigenvalue weighted by atomic mass is 10.1. The molecule has 0 saturated heterocycles. The first-order valence-electron chi connectivity index (χ1n) is 11.3. The molecule has 0 bridgehead atoms. The summed E-state index contributed by atoms with van der Waals surface area (Å²) in [6.45, 7) is 2.35. The number of carbonyl (C=O) groups excluding carboxylic acids is 1. The lowest BCUT2D eigenvalue weighted by Gasteiger charge is -2.12. The third-order valence-corrected chi connectivity index (χ3v) is 6.18. The van der Waals surface area contributed by atoms with E-state index in [9.17, 15) is 9.18 Å². The number of aryl methyl sites for hydroxylation is 1. The summed E-state index contributed by atoms with van der Waals surface area (Å²) < 4.78 is 26.9. The Bertz CT molecular complexity index is 1430. The van der Waals surface area contributed by atoms with Gasteiger partial charge in [0.2, 0.25) is 5.91 Å². The van der Waals surface area contributed by atoms with Crippen molar-refractivity contribution >= 4 is 41.0 Å². The van der Waals surface area contributed by atoms with Gasteiger partial charge < -0.3 is 14.8 Å². The van der Waals surface area contributed by atoms with Crippen LogP contribution in [0.25, 0.3) is 6.08 Å². The number of amides is 1. The quantitative estimate of drug-likeness (QED) is 0.234. The van der Waals surface area contributed by atoms with E-state index in [2.05, 4.69) is 10.4 Å². The Kier molecular flexibility index (Phi) is 8.48.